The van der Waals surface area contributed by atoms with E-state index in [0.29, 0.717) is 6.54 Å². The predicted molar refractivity (Wildman–Crippen MR) is 88.6 cm³/mol. The van der Waals surface area contributed by atoms with E-state index in [1.165, 1.54) is 0 Å². The van der Waals surface area contributed by atoms with Gasteiger partial charge in [-0.25, -0.2) is 0 Å². The summed E-state index contributed by atoms with van der Waals surface area (Å²) in [6.07, 6.45) is 2.47. The van der Waals surface area contributed by atoms with Gasteiger partial charge in [0.05, 0.1) is 18.7 Å². The van der Waals surface area contributed by atoms with Crippen LogP contribution >= 0.6 is 0 Å². The fraction of sp³-hybridized carbons (Fsp3) is 0.611. The lowest BCUT2D eigenvalue weighted by atomic mass is 9.82. The zero-order chi connectivity index (χ0) is 16.0. The van der Waals surface area contributed by atoms with Crippen LogP contribution in [-0.2, 0) is 9.53 Å². The maximum absolute atomic E-state index is 12.2. The average Bonchev–Trinajstić information content (AvgIpc) is 2.98. The monoisotopic (exact) mass is 304 g/mol. The van der Waals surface area contributed by atoms with Gasteiger partial charge in [-0.15, -0.1) is 0 Å². The second-order valence-corrected chi connectivity index (χ2v) is 7.04. The lowest BCUT2D eigenvalue weighted by molar-refractivity contribution is -0.121. The Kier molecular flexibility index (Phi) is 5.98. The Balaban J connectivity index is 1.85. The molecule has 1 heterocycles. The van der Waals surface area contributed by atoms with Crippen molar-refractivity contribution in [2.45, 2.75) is 45.8 Å². The summed E-state index contributed by atoms with van der Waals surface area (Å²) >= 11 is 0. The molecule has 0 saturated carbocycles. The highest BCUT2D eigenvalue weighted by molar-refractivity contribution is 5.78. The van der Waals surface area contributed by atoms with Gasteiger partial charge in [-0.1, -0.05) is 51.1 Å². The summed E-state index contributed by atoms with van der Waals surface area (Å²) in [5, 5.41) is 6.35. The van der Waals surface area contributed by atoms with Gasteiger partial charge in [0.25, 0.3) is 0 Å². The van der Waals surface area contributed by atoms with Crippen LogP contribution in [-0.4, -0.2) is 31.7 Å². The highest BCUT2D eigenvalue weighted by atomic mass is 16.5. The molecule has 1 aliphatic rings. The summed E-state index contributed by atoms with van der Waals surface area (Å²) in [6.45, 7) is 8.36. The minimum Gasteiger partial charge on any atom is -0.377 e. The fourth-order valence-corrected chi connectivity index (χ4v) is 2.81. The number of nitrogens with one attached hydrogen (secondary N) is 2. The van der Waals surface area contributed by atoms with Crippen molar-refractivity contribution in [3.8, 4) is 0 Å². The Bertz CT molecular complexity index is 462. The summed E-state index contributed by atoms with van der Waals surface area (Å²) in [7, 11) is 0. The van der Waals surface area contributed by atoms with Crippen molar-refractivity contribution in [3.05, 3.63) is 35.9 Å². The second-order valence-electron chi connectivity index (χ2n) is 7.04. The summed E-state index contributed by atoms with van der Waals surface area (Å²) in [5.74, 6) is 0.0294. The molecule has 1 amide bonds. The van der Waals surface area contributed by atoms with E-state index in [1.807, 2.05) is 18.2 Å². The van der Waals surface area contributed by atoms with Crippen LogP contribution in [0.5, 0.6) is 0 Å². The average molecular weight is 304 g/mol. The standard InChI is InChI=1S/C18H28N2O2/c1-18(2,3)17(14-8-5-4-6-9-14)20-16(21)13-19-12-15-10-7-11-22-15/h4-6,8-9,15,17,19H,7,10-13H2,1-3H3,(H,20,21)/t15-,17+/m1/s1. The molecule has 0 aliphatic carbocycles. The van der Waals surface area contributed by atoms with Crippen LogP contribution in [0.1, 0.15) is 45.2 Å². The Morgan fingerprint density at radius 2 is 2.05 bits per heavy atom. The van der Waals surface area contributed by atoms with E-state index in [4.69, 9.17) is 4.74 Å². The van der Waals surface area contributed by atoms with Crippen molar-refractivity contribution < 1.29 is 9.53 Å². The van der Waals surface area contributed by atoms with E-state index in [2.05, 4.69) is 43.5 Å². The molecule has 0 aromatic heterocycles. The summed E-state index contributed by atoms with van der Waals surface area (Å²) in [6, 6.07) is 10.2. The Labute approximate surface area is 133 Å². The molecule has 1 saturated heterocycles. The second kappa shape index (κ2) is 7.75. The molecule has 1 aromatic carbocycles. The molecular formula is C18H28N2O2. The van der Waals surface area contributed by atoms with Gasteiger partial charge in [0.15, 0.2) is 0 Å². The Morgan fingerprint density at radius 3 is 2.64 bits per heavy atom. The molecule has 0 radical (unpaired) electrons. The minimum absolute atomic E-state index is 0.00531. The van der Waals surface area contributed by atoms with Gasteiger partial charge in [-0.2, -0.15) is 0 Å². The third-order valence-electron chi connectivity index (χ3n) is 3.99. The number of amides is 1. The van der Waals surface area contributed by atoms with Gasteiger partial charge >= 0.3 is 0 Å². The first kappa shape index (κ1) is 17.0. The lowest BCUT2D eigenvalue weighted by Crippen LogP contribution is -2.42. The first-order valence-corrected chi connectivity index (χ1v) is 8.13. The number of rotatable bonds is 6. The van der Waals surface area contributed by atoms with Crippen molar-refractivity contribution in [2.24, 2.45) is 5.41 Å². The topological polar surface area (TPSA) is 50.4 Å². The third kappa shape index (κ3) is 5.11. The van der Waals surface area contributed by atoms with Crippen LogP contribution < -0.4 is 10.6 Å². The molecule has 22 heavy (non-hydrogen) atoms. The van der Waals surface area contributed by atoms with E-state index in [1.54, 1.807) is 0 Å². The summed E-state index contributed by atoms with van der Waals surface area (Å²) < 4.78 is 5.55. The fourth-order valence-electron chi connectivity index (χ4n) is 2.81. The smallest absolute Gasteiger partial charge is 0.234 e. The third-order valence-corrected chi connectivity index (χ3v) is 3.99. The van der Waals surface area contributed by atoms with Crippen LogP contribution in [0, 0.1) is 5.41 Å². The molecular weight excluding hydrogens is 276 g/mol. The molecule has 2 rings (SSSR count). The van der Waals surface area contributed by atoms with Gasteiger partial charge in [-0.3, -0.25) is 4.79 Å². The first-order valence-electron chi connectivity index (χ1n) is 8.13. The quantitative estimate of drug-likeness (QED) is 0.849. The van der Waals surface area contributed by atoms with E-state index < -0.39 is 0 Å². The highest BCUT2D eigenvalue weighted by Crippen LogP contribution is 2.32. The molecule has 2 atom stereocenters. The van der Waals surface area contributed by atoms with E-state index in [9.17, 15) is 4.79 Å². The molecule has 1 aromatic rings. The molecule has 4 heteroatoms. The van der Waals surface area contributed by atoms with Crippen LogP contribution in [0.25, 0.3) is 0 Å². The number of carbonyl (C=O) groups is 1. The van der Waals surface area contributed by atoms with Crippen molar-refractivity contribution in [1.29, 1.82) is 0 Å². The number of hydrogen-bond acceptors (Lipinski definition) is 3. The van der Waals surface area contributed by atoms with Gasteiger partial charge < -0.3 is 15.4 Å². The van der Waals surface area contributed by atoms with Crippen molar-refractivity contribution in [1.82, 2.24) is 10.6 Å². The van der Waals surface area contributed by atoms with Gasteiger partial charge in [0.1, 0.15) is 0 Å². The van der Waals surface area contributed by atoms with E-state index in [-0.39, 0.29) is 23.5 Å². The first-order chi connectivity index (χ1) is 10.5. The minimum atomic E-state index is -0.0361. The van der Waals surface area contributed by atoms with Crippen molar-refractivity contribution in [3.63, 3.8) is 0 Å². The Morgan fingerprint density at radius 1 is 1.32 bits per heavy atom. The molecule has 0 unspecified atom stereocenters. The van der Waals surface area contributed by atoms with Crippen LogP contribution in [0.4, 0.5) is 0 Å². The normalized spacial score (nSPS) is 19.9. The molecule has 0 bridgehead atoms. The largest absolute Gasteiger partial charge is 0.377 e. The van der Waals surface area contributed by atoms with Crippen LogP contribution in [0.3, 0.4) is 0 Å². The molecule has 122 valence electrons. The number of carbonyl (C=O) groups excluding carboxylic acids is 1. The van der Waals surface area contributed by atoms with Crippen LogP contribution in [0.15, 0.2) is 30.3 Å². The SMILES string of the molecule is CC(C)(C)[C@@H](NC(=O)CNC[C@H]1CCCO1)c1ccccc1. The summed E-state index contributed by atoms with van der Waals surface area (Å²) in [4.78, 5) is 12.2. The molecule has 2 N–H and O–H groups in total. The zero-order valence-electron chi connectivity index (χ0n) is 13.9. The number of ether oxygens (including phenoxy) is 1. The molecule has 1 aliphatic heterocycles. The molecule has 4 nitrogen and oxygen atoms in total. The summed E-state index contributed by atoms with van der Waals surface area (Å²) in [5.41, 5.74) is 1.11. The number of benzene rings is 1. The maximum Gasteiger partial charge on any atom is 0.234 e. The van der Waals surface area contributed by atoms with Crippen molar-refractivity contribution in [2.75, 3.05) is 19.7 Å². The molecule has 0 spiro atoms. The zero-order valence-corrected chi connectivity index (χ0v) is 13.9. The van der Waals surface area contributed by atoms with Gasteiger partial charge in [0, 0.05) is 13.2 Å². The number of hydrogen-bond donors (Lipinski definition) is 2. The van der Waals surface area contributed by atoms with Gasteiger partial charge in [0.2, 0.25) is 5.91 Å². The maximum atomic E-state index is 12.2. The van der Waals surface area contributed by atoms with Crippen molar-refractivity contribution >= 4 is 5.91 Å². The predicted octanol–water partition coefficient (Wildman–Crippen LogP) is 2.66. The van der Waals surface area contributed by atoms with Gasteiger partial charge in [-0.05, 0) is 23.8 Å². The Hall–Kier alpha value is -1.39. The van der Waals surface area contributed by atoms with E-state index >= 15 is 0 Å². The van der Waals surface area contributed by atoms with E-state index in [0.717, 1.165) is 31.6 Å². The molecule has 1 fully saturated rings. The highest BCUT2D eigenvalue weighted by Gasteiger charge is 2.27. The lowest BCUT2D eigenvalue weighted by Gasteiger charge is -2.32. The van der Waals surface area contributed by atoms with Crippen LogP contribution in [0.2, 0.25) is 0 Å².